The SMILES string of the molecule is CNCc1nn(C)c(-c2ccc(OC)c(C)c2)c1C. The number of nitrogens with zero attached hydrogens (tertiary/aromatic N) is 2. The average molecular weight is 259 g/mol. The van der Waals surface area contributed by atoms with Crippen molar-refractivity contribution >= 4 is 0 Å². The summed E-state index contributed by atoms with van der Waals surface area (Å²) < 4.78 is 7.26. The first-order chi connectivity index (χ1) is 9.08. The van der Waals surface area contributed by atoms with Gasteiger partial charge in [-0.15, -0.1) is 0 Å². The van der Waals surface area contributed by atoms with Gasteiger partial charge in [0.05, 0.1) is 18.5 Å². The highest BCUT2D eigenvalue weighted by molar-refractivity contribution is 5.66. The maximum atomic E-state index is 5.31. The highest BCUT2D eigenvalue weighted by atomic mass is 16.5. The first-order valence-corrected chi connectivity index (χ1v) is 6.40. The second-order valence-electron chi connectivity index (χ2n) is 4.76. The van der Waals surface area contributed by atoms with Gasteiger partial charge >= 0.3 is 0 Å². The van der Waals surface area contributed by atoms with E-state index < -0.39 is 0 Å². The summed E-state index contributed by atoms with van der Waals surface area (Å²) in [5.41, 5.74) is 5.79. The molecule has 1 heterocycles. The first-order valence-electron chi connectivity index (χ1n) is 6.40. The third-order valence-corrected chi connectivity index (χ3v) is 3.39. The summed E-state index contributed by atoms with van der Waals surface area (Å²) in [4.78, 5) is 0. The molecule has 0 saturated heterocycles. The molecule has 1 aromatic carbocycles. The Bertz CT molecular complexity index is 587. The van der Waals surface area contributed by atoms with Crippen molar-refractivity contribution in [1.82, 2.24) is 15.1 Å². The zero-order valence-corrected chi connectivity index (χ0v) is 12.2. The minimum atomic E-state index is 0.787. The number of benzene rings is 1. The highest BCUT2D eigenvalue weighted by Crippen LogP contribution is 2.29. The van der Waals surface area contributed by atoms with E-state index in [2.05, 4.69) is 36.4 Å². The molecule has 0 fully saturated rings. The van der Waals surface area contributed by atoms with Crippen LogP contribution in [0.1, 0.15) is 16.8 Å². The van der Waals surface area contributed by atoms with Gasteiger partial charge in [-0.2, -0.15) is 5.10 Å². The van der Waals surface area contributed by atoms with Crippen molar-refractivity contribution in [3.05, 3.63) is 35.0 Å². The number of methoxy groups -OCH3 is 1. The predicted octanol–water partition coefficient (Wildman–Crippen LogP) is 2.43. The summed E-state index contributed by atoms with van der Waals surface area (Å²) in [5.74, 6) is 0.916. The Balaban J connectivity index is 2.49. The number of aryl methyl sites for hydroxylation is 2. The van der Waals surface area contributed by atoms with Crippen LogP contribution in [0.3, 0.4) is 0 Å². The van der Waals surface area contributed by atoms with Crippen LogP contribution in [0.4, 0.5) is 0 Å². The molecule has 2 rings (SSSR count). The van der Waals surface area contributed by atoms with Gasteiger partial charge in [-0.05, 0) is 50.2 Å². The average Bonchev–Trinajstić information content (AvgIpc) is 2.65. The van der Waals surface area contributed by atoms with Gasteiger partial charge in [-0.3, -0.25) is 4.68 Å². The van der Waals surface area contributed by atoms with Crippen LogP contribution >= 0.6 is 0 Å². The standard InChI is InChI=1S/C15H21N3O/c1-10-8-12(6-7-14(10)19-5)15-11(2)13(9-16-3)17-18(15)4/h6-8,16H,9H2,1-5H3. The van der Waals surface area contributed by atoms with Crippen LogP contribution in [0.25, 0.3) is 11.3 Å². The fraction of sp³-hybridized carbons (Fsp3) is 0.400. The molecule has 2 aromatic rings. The molecule has 0 unspecified atom stereocenters. The Morgan fingerprint density at radius 2 is 2.05 bits per heavy atom. The monoisotopic (exact) mass is 259 g/mol. The maximum Gasteiger partial charge on any atom is 0.121 e. The van der Waals surface area contributed by atoms with Crippen molar-refractivity contribution in [2.45, 2.75) is 20.4 Å². The largest absolute Gasteiger partial charge is 0.496 e. The number of hydrogen-bond donors (Lipinski definition) is 1. The number of nitrogens with one attached hydrogen (secondary N) is 1. The fourth-order valence-electron chi connectivity index (χ4n) is 2.45. The maximum absolute atomic E-state index is 5.31. The molecule has 0 spiro atoms. The minimum Gasteiger partial charge on any atom is -0.496 e. The lowest BCUT2D eigenvalue weighted by Gasteiger charge is -2.08. The molecule has 19 heavy (non-hydrogen) atoms. The smallest absolute Gasteiger partial charge is 0.121 e. The van der Waals surface area contributed by atoms with E-state index in [4.69, 9.17) is 4.74 Å². The highest BCUT2D eigenvalue weighted by Gasteiger charge is 2.14. The molecule has 102 valence electrons. The first kappa shape index (κ1) is 13.6. The van der Waals surface area contributed by atoms with E-state index in [1.165, 1.54) is 11.1 Å². The van der Waals surface area contributed by atoms with Crippen LogP contribution in [0, 0.1) is 13.8 Å². The molecular formula is C15H21N3O. The summed E-state index contributed by atoms with van der Waals surface area (Å²) in [6, 6.07) is 6.24. The van der Waals surface area contributed by atoms with E-state index in [0.29, 0.717) is 0 Å². The lowest BCUT2D eigenvalue weighted by Crippen LogP contribution is -2.06. The fourth-order valence-corrected chi connectivity index (χ4v) is 2.45. The molecule has 0 aliphatic heterocycles. The van der Waals surface area contributed by atoms with Crippen molar-refractivity contribution in [2.75, 3.05) is 14.2 Å². The van der Waals surface area contributed by atoms with Gasteiger partial charge in [0.25, 0.3) is 0 Å². The van der Waals surface area contributed by atoms with E-state index >= 15 is 0 Å². The third-order valence-electron chi connectivity index (χ3n) is 3.39. The second-order valence-corrected chi connectivity index (χ2v) is 4.76. The van der Waals surface area contributed by atoms with Crippen molar-refractivity contribution in [2.24, 2.45) is 7.05 Å². The second kappa shape index (κ2) is 5.45. The molecule has 0 atom stereocenters. The summed E-state index contributed by atoms with van der Waals surface area (Å²) in [6.45, 7) is 4.96. The van der Waals surface area contributed by atoms with Gasteiger partial charge in [0, 0.05) is 19.2 Å². The Hall–Kier alpha value is -1.81. The predicted molar refractivity (Wildman–Crippen MR) is 77.4 cm³/mol. The van der Waals surface area contributed by atoms with E-state index in [0.717, 1.165) is 29.2 Å². The Morgan fingerprint density at radius 1 is 1.32 bits per heavy atom. The Labute approximate surface area is 114 Å². The third kappa shape index (κ3) is 2.49. The molecule has 4 heteroatoms. The number of rotatable bonds is 4. The lowest BCUT2D eigenvalue weighted by molar-refractivity contribution is 0.412. The van der Waals surface area contributed by atoms with Gasteiger partial charge in [0.1, 0.15) is 5.75 Å². The zero-order valence-electron chi connectivity index (χ0n) is 12.2. The van der Waals surface area contributed by atoms with E-state index in [1.54, 1.807) is 7.11 Å². The van der Waals surface area contributed by atoms with Crippen LogP contribution in [-0.4, -0.2) is 23.9 Å². The molecule has 0 aliphatic rings. The Morgan fingerprint density at radius 3 is 2.63 bits per heavy atom. The molecule has 0 aliphatic carbocycles. The van der Waals surface area contributed by atoms with Gasteiger partial charge in [0.15, 0.2) is 0 Å². The summed E-state index contributed by atoms with van der Waals surface area (Å²) in [5, 5.41) is 7.72. The molecule has 1 aromatic heterocycles. The molecular weight excluding hydrogens is 238 g/mol. The van der Waals surface area contributed by atoms with E-state index in [-0.39, 0.29) is 0 Å². The van der Waals surface area contributed by atoms with Crippen molar-refractivity contribution in [3.63, 3.8) is 0 Å². The van der Waals surface area contributed by atoms with Gasteiger partial charge in [-0.1, -0.05) is 0 Å². The topological polar surface area (TPSA) is 39.1 Å². The zero-order chi connectivity index (χ0) is 14.0. The molecule has 0 amide bonds. The number of hydrogen-bond acceptors (Lipinski definition) is 3. The van der Waals surface area contributed by atoms with Gasteiger partial charge < -0.3 is 10.1 Å². The van der Waals surface area contributed by atoms with Crippen LogP contribution in [-0.2, 0) is 13.6 Å². The van der Waals surface area contributed by atoms with Crippen molar-refractivity contribution in [1.29, 1.82) is 0 Å². The van der Waals surface area contributed by atoms with Crippen LogP contribution in [0.5, 0.6) is 5.75 Å². The van der Waals surface area contributed by atoms with Gasteiger partial charge in [-0.25, -0.2) is 0 Å². The van der Waals surface area contributed by atoms with Gasteiger partial charge in [0.2, 0.25) is 0 Å². The van der Waals surface area contributed by atoms with Crippen LogP contribution in [0.15, 0.2) is 18.2 Å². The minimum absolute atomic E-state index is 0.787. The quantitative estimate of drug-likeness (QED) is 0.916. The van der Waals surface area contributed by atoms with Crippen LogP contribution in [0.2, 0.25) is 0 Å². The van der Waals surface area contributed by atoms with Crippen molar-refractivity contribution in [3.8, 4) is 17.0 Å². The number of ether oxygens (including phenoxy) is 1. The molecule has 0 bridgehead atoms. The summed E-state index contributed by atoms with van der Waals surface area (Å²) >= 11 is 0. The van der Waals surface area contributed by atoms with Crippen molar-refractivity contribution < 1.29 is 4.74 Å². The molecule has 1 N–H and O–H groups in total. The Kier molecular flexibility index (Phi) is 3.90. The van der Waals surface area contributed by atoms with E-state index in [9.17, 15) is 0 Å². The summed E-state index contributed by atoms with van der Waals surface area (Å²) in [6.07, 6.45) is 0. The molecule has 0 saturated carbocycles. The summed E-state index contributed by atoms with van der Waals surface area (Å²) in [7, 11) is 5.62. The number of aromatic nitrogens is 2. The van der Waals surface area contributed by atoms with E-state index in [1.807, 2.05) is 24.8 Å². The van der Waals surface area contributed by atoms with Crippen LogP contribution < -0.4 is 10.1 Å². The molecule has 0 radical (unpaired) electrons. The normalized spacial score (nSPS) is 10.8. The molecule has 4 nitrogen and oxygen atoms in total. The lowest BCUT2D eigenvalue weighted by atomic mass is 10.0.